The smallest absolute Gasteiger partial charge is 0.372 e. The summed E-state index contributed by atoms with van der Waals surface area (Å²) >= 11 is 5.72. The molecule has 0 aromatic rings. The van der Waals surface area contributed by atoms with Crippen molar-refractivity contribution in [3.63, 3.8) is 0 Å². The fourth-order valence-corrected chi connectivity index (χ4v) is 1.58. The molecular weight excluding hydrogens is 243 g/mol. The third-order valence-electron chi connectivity index (χ3n) is 2.11. The van der Waals surface area contributed by atoms with Crippen molar-refractivity contribution in [3.05, 3.63) is 0 Å². The zero-order valence-electron chi connectivity index (χ0n) is 9.61. The minimum Gasteiger partial charge on any atom is -0.372 e. The summed E-state index contributed by atoms with van der Waals surface area (Å²) in [6, 6.07) is 0.198. The van der Waals surface area contributed by atoms with Crippen LogP contribution in [-0.4, -0.2) is 37.9 Å². The number of rotatable bonds is 8. The molecule has 0 aliphatic rings. The van der Waals surface area contributed by atoms with Crippen LogP contribution in [0.25, 0.3) is 0 Å². The second kappa shape index (κ2) is 8.14. The number of alkyl halides is 4. The first-order valence-electron chi connectivity index (χ1n) is 5.30. The molecule has 0 aliphatic heterocycles. The molecule has 0 saturated carbocycles. The molecule has 0 saturated heterocycles. The van der Waals surface area contributed by atoms with Crippen LogP contribution in [0.3, 0.4) is 0 Å². The van der Waals surface area contributed by atoms with Gasteiger partial charge in [0.25, 0.3) is 0 Å². The molecule has 0 bridgehead atoms. The maximum absolute atomic E-state index is 11.7. The van der Waals surface area contributed by atoms with Gasteiger partial charge in [0.2, 0.25) is 0 Å². The van der Waals surface area contributed by atoms with E-state index >= 15 is 0 Å². The highest BCUT2D eigenvalue weighted by atomic mass is 35.5. The highest BCUT2D eigenvalue weighted by Crippen LogP contribution is 2.14. The molecule has 6 heteroatoms. The summed E-state index contributed by atoms with van der Waals surface area (Å²) < 4.78 is 39.6. The van der Waals surface area contributed by atoms with Gasteiger partial charge in [0.15, 0.2) is 0 Å². The topological polar surface area (TPSA) is 21.3 Å². The van der Waals surface area contributed by atoms with E-state index in [4.69, 9.17) is 11.6 Å². The third kappa shape index (κ3) is 9.24. The van der Waals surface area contributed by atoms with Gasteiger partial charge in [0.1, 0.15) is 6.61 Å². The van der Waals surface area contributed by atoms with Gasteiger partial charge >= 0.3 is 6.18 Å². The first-order valence-corrected chi connectivity index (χ1v) is 5.84. The Kier molecular flexibility index (Phi) is 8.14. The number of hydrogen-bond donors (Lipinski definition) is 1. The molecule has 0 fully saturated rings. The molecule has 16 heavy (non-hydrogen) atoms. The zero-order valence-corrected chi connectivity index (χ0v) is 10.4. The van der Waals surface area contributed by atoms with Gasteiger partial charge < -0.3 is 10.1 Å². The Morgan fingerprint density at radius 3 is 2.38 bits per heavy atom. The van der Waals surface area contributed by atoms with Crippen molar-refractivity contribution in [1.82, 2.24) is 5.32 Å². The Labute approximate surface area is 99.5 Å². The van der Waals surface area contributed by atoms with Gasteiger partial charge in [-0.1, -0.05) is 13.8 Å². The van der Waals surface area contributed by atoms with Crippen LogP contribution in [0, 0.1) is 5.92 Å². The lowest BCUT2D eigenvalue weighted by atomic mass is 10.1. The second-order valence-corrected chi connectivity index (χ2v) is 4.29. The van der Waals surface area contributed by atoms with Crippen LogP contribution in [-0.2, 0) is 4.74 Å². The van der Waals surface area contributed by atoms with Gasteiger partial charge in [0.05, 0.1) is 0 Å². The van der Waals surface area contributed by atoms with E-state index in [1.54, 1.807) is 0 Å². The van der Waals surface area contributed by atoms with Crippen LogP contribution in [0.15, 0.2) is 0 Å². The summed E-state index contributed by atoms with van der Waals surface area (Å²) in [5.74, 6) is 0.912. The van der Waals surface area contributed by atoms with Gasteiger partial charge in [0, 0.05) is 18.5 Å². The van der Waals surface area contributed by atoms with E-state index in [2.05, 4.69) is 10.1 Å². The average Bonchev–Trinajstić information content (AvgIpc) is 2.14. The monoisotopic (exact) mass is 261 g/mol. The third-order valence-corrected chi connectivity index (χ3v) is 2.44. The summed E-state index contributed by atoms with van der Waals surface area (Å²) in [6.07, 6.45) is -3.68. The van der Waals surface area contributed by atoms with E-state index < -0.39 is 12.8 Å². The van der Waals surface area contributed by atoms with Gasteiger partial charge in [-0.05, 0) is 18.9 Å². The maximum Gasteiger partial charge on any atom is 0.411 e. The van der Waals surface area contributed by atoms with Gasteiger partial charge in [-0.2, -0.15) is 13.2 Å². The normalized spacial score (nSPS) is 14.4. The molecule has 0 spiro atoms. The largest absolute Gasteiger partial charge is 0.411 e. The van der Waals surface area contributed by atoms with Crippen LogP contribution < -0.4 is 5.32 Å². The van der Waals surface area contributed by atoms with Crippen LogP contribution in [0.1, 0.15) is 20.3 Å². The summed E-state index contributed by atoms with van der Waals surface area (Å²) in [5.41, 5.74) is 0. The molecule has 0 aromatic carbocycles. The maximum atomic E-state index is 11.7. The first-order chi connectivity index (χ1) is 7.37. The standard InChI is InChI=1S/C10H19ClF3NO/c1-8(2)9(6-11)15-4-3-5-16-7-10(12,13)14/h8-9,15H,3-7H2,1-2H3. The molecule has 0 radical (unpaired) electrons. The predicted molar refractivity (Wildman–Crippen MR) is 58.8 cm³/mol. The number of hydrogen-bond acceptors (Lipinski definition) is 2. The van der Waals surface area contributed by atoms with Gasteiger partial charge in [-0.3, -0.25) is 0 Å². The fraction of sp³-hybridized carbons (Fsp3) is 1.00. The van der Waals surface area contributed by atoms with E-state index in [-0.39, 0.29) is 12.6 Å². The predicted octanol–water partition coefficient (Wildman–Crippen LogP) is 2.81. The van der Waals surface area contributed by atoms with E-state index in [1.807, 2.05) is 13.8 Å². The lowest BCUT2D eigenvalue weighted by Crippen LogP contribution is -2.36. The molecule has 0 amide bonds. The number of halogens is 4. The minimum absolute atomic E-state index is 0.111. The molecule has 1 unspecified atom stereocenters. The molecule has 0 aliphatic carbocycles. The highest BCUT2D eigenvalue weighted by molar-refractivity contribution is 6.18. The number of nitrogens with one attached hydrogen (secondary N) is 1. The quantitative estimate of drug-likeness (QED) is 0.536. The van der Waals surface area contributed by atoms with Crippen LogP contribution in [0.5, 0.6) is 0 Å². The Bertz CT molecular complexity index is 176. The van der Waals surface area contributed by atoms with Crippen molar-refractivity contribution < 1.29 is 17.9 Å². The fourth-order valence-electron chi connectivity index (χ4n) is 1.12. The van der Waals surface area contributed by atoms with Gasteiger partial charge in [-0.15, -0.1) is 11.6 Å². The van der Waals surface area contributed by atoms with E-state index in [1.165, 1.54) is 0 Å². The molecule has 0 rings (SSSR count). The molecule has 0 aromatic heterocycles. The molecule has 98 valence electrons. The van der Waals surface area contributed by atoms with Crippen molar-refractivity contribution in [2.75, 3.05) is 25.6 Å². The SMILES string of the molecule is CC(C)C(CCl)NCCCOCC(F)(F)F. The van der Waals surface area contributed by atoms with Crippen molar-refractivity contribution in [2.24, 2.45) is 5.92 Å². The Morgan fingerprint density at radius 1 is 1.31 bits per heavy atom. The van der Waals surface area contributed by atoms with Crippen molar-refractivity contribution in [3.8, 4) is 0 Å². The lowest BCUT2D eigenvalue weighted by Gasteiger charge is -2.19. The lowest BCUT2D eigenvalue weighted by molar-refractivity contribution is -0.173. The van der Waals surface area contributed by atoms with Crippen molar-refractivity contribution in [1.29, 1.82) is 0 Å². The Morgan fingerprint density at radius 2 is 1.94 bits per heavy atom. The van der Waals surface area contributed by atoms with E-state index in [0.29, 0.717) is 24.8 Å². The Hall–Kier alpha value is -0.0000000000000000555. The number of ether oxygens (including phenoxy) is 1. The highest BCUT2D eigenvalue weighted by Gasteiger charge is 2.27. The molecule has 0 heterocycles. The zero-order chi connectivity index (χ0) is 12.6. The Balaban J connectivity index is 3.39. The van der Waals surface area contributed by atoms with Crippen molar-refractivity contribution in [2.45, 2.75) is 32.5 Å². The summed E-state index contributed by atoms with van der Waals surface area (Å²) in [7, 11) is 0. The molecule has 1 N–H and O–H groups in total. The van der Waals surface area contributed by atoms with Crippen LogP contribution in [0.2, 0.25) is 0 Å². The minimum atomic E-state index is -4.23. The molecular formula is C10H19ClF3NO. The van der Waals surface area contributed by atoms with Gasteiger partial charge in [-0.25, -0.2) is 0 Å². The molecule has 2 nitrogen and oxygen atoms in total. The summed E-state index contributed by atoms with van der Waals surface area (Å²) in [6.45, 7) is 3.64. The average molecular weight is 262 g/mol. The van der Waals surface area contributed by atoms with Crippen molar-refractivity contribution >= 4 is 11.6 Å². The summed E-state index contributed by atoms with van der Waals surface area (Å²) in [5, 5.41) is 3.17. The van der Waals surface area contributed by atoms with Crippen LogP contribution in [0.4, 0.5) is 13.2 Å². The van der Waals surface area contributed by atoms with E-state index in [9.17, 15) is 13.2 Å². The first kappa shape index (κ1) is 16.0. The molecule has 1 atom stereocenters. The second-order valence-electron chi connectivity index (χ2n) is 3.98. The van der Waals surface area contributed by atoms with E-state index in [0.717, 1.165) is 0 Å². The van der Waals surface area contributed by atoms with Crippen LogP contribution >= 0.6 is 11.6 Å². The summed E-state index contributed by atoms with van der Waals surface area (Å²) in [4.78, 5) is 0.